The van der Waals surface area contributed by atoms with Gasteiger partial charge in [0.1, 0.15) is 0 Å². The van der Waals surface area contributed by atoms with E-state index in [0.29, 0.717) is 47.7 Å². The molecule has 0 spiro atoms. The van der Waals surface area contributed by atoms with Crippen LogP contribution in [-0.2, 0) is 9.47 Å². The minimum absolute atomic E-state index is 0.138. The van der Waals surface area contributed by atoms with Gasteiger partial charge >= 0.3 is 0 Å². The summed E-state index contributed by atoms with van der Waals surface area (Å²) in [5.74, 6) is 3.91. The van der Waals surface area contributed by atoms with Crippen molar-refractivity contribution in [2.75, 3.05) is 55.9 Å². The fourth-order valence-electron chi connectivity index (χ4n) is 4.77. The van der Waals surface area contributed by atoms with Gasteiger partial charge in [0.25, 0.3) is 0 Å². The van der Waals surface area contributed by atoms with Crippen LogP contribution in [0.2, 0.25) is 0 Å². The molecule has 4 rings (SSSR count). The number of fused-ring (bicyclic) bond motifs is 1. The normalized spacial score (nSPS) is 24.1. The maximum absolute atomic E-state index is 6.27. The minimum atomic E-state index is -0.138. The zero-order valence-electron chi connectivity index (χ0n) is 19.3. The molecular weight excluding hydrogens is 416 g/mol. The summed E-state index contributed by atoms with van der Waals surface area (Å²) in [6.45, 7) is 1.15. The Balaban J connectivity index is 1.64. The first kappa shape index (κ1) is 22.4. The van der Waals surface area contributed by atoms with Gasteiger partial charge < -0.3 is 37.9 Å². The van der Waals surface area contributed by atoms with E-state index in [1.165, 1.54) is 0 Å². The Bertz CT molecular complexity index is 832. The van der Waals surface area contributed by atoms with Crippen LogP contribution < -0.4 is 28.4 Å². The highest BCUT2D eigenvalue weighted by atomic mass is 16.5. The van der Waals surface area contributed by atoms with Gasteiger partial charge in [-0.05, 0) is 35.4 Å². The lowest BCUT2D eigenvalue weighted by Crippen LogP contribution is -2.15. The molecule has 0 bridgehead atoms. The van der Waals surface area contributed by atoms with E-state index in [0.717, 1.165) is 11.1 Å². The summed E-state index contributed by atoms with van der Waals surface area (Å²) < 4.78 is 45.5. The minimum Gasteiger partial charge on any atom is -0.493 e. The molecule has 8 nitrogen and oxygen atoms in total. The van der Waals surface area contributed by atoms with Gasteiger partial charge in [0, 0.05) is 11.8 Å². The van der Waals surface area contributed by atoms with Crippen molar-refractivity contribution in [3.8, 4) is 34.5 Å². The molecule has 0 aromatic heterocycles. The maximum atomic E-state index is 6.27. The molecule has 2 fully saturated rings. The lowest BCUT2D eigenvalue weighted by Gasteiger charge is -2.20. The average molecular weight is 446 g/mol. The molecule has 0 saturated carbocycles. The third-order valence-corrected chi connectivity index (χ3v) is 6.30. The molecule has 32 heavy (non-hydrogen) atoms. The van der Waals surface area contributed by atoms with E-state index in [1.807, 2.05) is 24.3 Å². The predicted octanol–water partition coefficient (Wildman–Crippen LogP) is 3.81. The highest BCUT2D eigenvalue weighted by Crippen LogP contribution is 2.53. The van der Waals surface area contributed by atoms with Crippen LogP contribution in [-0.4, -0.2) is 55.9 Å². The largest absolute Gasteiger partial charge is 0.493 e. The molecule has 4 atom stereocenters. The number of benzene rings is 2. The zero-order valence-corrected chi connectivity index (χ0v) is 19.3. The van der Waals surface area contributed by atoms with Gasteiger partial charge in [0.2, 0.25) is 11.5 Å². The fraction of sp³-hybridized carbons (Fsp3) is 0.500. The summed E-state index contributed by atoms with van der Waals surface area (Å²) in [6.07, 6.45) is -0.276. The lowest BCUT2D eigenvalue weighted by molar-refractivity contribution is 0.0190. The van der Waals surface area contributed by atoms with Gasteiger partial charge in [0.05, 0.1) is 68.1 Å². The van der Waals surface area contributed by atoms with Crippen LogP contribution in [0, 0.1) is 11.8 Å². The third kappa shape index (κ3) is 3.67. The second-order valence-electron chi connectivity index (χ2n) is 7.75. The van der Waals surface area contributed by atoms with Gasteiger partial charge in [0.15, 0.2) is 23.0 Å². The molecule has 2 aliphatic rings. The standard InChI is InChI=1S/C24H30O8/c1-25-17-7-13(8-18(26-2)23(17)29-5)21-15-11-32-22(16(15)12-31-21)14-9-19(27-3)24(30-6)20(10-14)28-4/h7-10,15-16,21-22H,11-12H2,1-6H3/t15-,16-,21-,22-/m0/s1. The predicted molar refractivity (Wildman–Crippen MR) is 117 cm³/mol. The van der Waals surface area contributed by atoms with Crippen LogP contribution in [0.5, 0.6) is 34.5 Å². The molecule has 2 saturated heterocycles. The van der Waals surface area contributed by atoms with E-state index in [1.54, 1.807) is 42.7 Å². The molecule has 2 aromatic carbocycles. The van der Waals surface area contributed by atoms with Crippen molar-refractivity contribution in [1.29, 1.82) is 0 Å². The molecule has 0 aliphatic carbocycles. The van der Waals surface area contributed by atoms with Crippen molar-refractivity contribution in [2.24, 2.45) is 11.8 Å². The van der Waals surface area contributed by atoms with Crippen molar-refractivity contribution in [3.63, 3.8) is 0 Å². The van der Waals surface area contributed by atoms with E-state index in [2.05, 4.69) is 0 Å². The number of hydrogen-bond donors (Lipinski definition) is 0. The second-order valence-corrected chi connectivity index (χ2v) is 7.75. The molecule has 2 aromatic rings. The van der Waals surface area contributed by atoms with Crippen LogP contribution >= 0.6 is 0 Å². The number of methoxy groups -OCH3 is 6. The molecule has 0 N–H and O–H groups in total. The Morgan fingerprint density at radius 1 is 0.531 bits per heavy atom. The number of hydrogen-bond acceptors (Lipinski definition) is 8. The second kappa shape index (κ2) is 9.34. The van der Waals surface area contributed by atoms with Gasteiger partial charge in [-0.15, -0.1) is 0 Å². The molecule has 8 heteroatoms. The molecule has 2 aliphatic heterocycles. The van der Waals surface area contributed by atoms with Gasteiger partial charge in [-0.1, -0.05) is 0 Å². The summed E-state index contributed by atoms with van der Waals surface area (Å²) in [4.78, 5) is 0. The van der Waals surface area contributed by atoms with E-state index in [9.17, 15) is 0 Å². The summed E-state index contributed by atoms with van der Waals surface area (Å²) in [5, 5.41) is 0. The first-order chi connectivity index (χ1) is 15.6. The maximum Gasteiger partial charge on any atom is 0.203 e. The monoisotopic (exact) mass is 446 g/mol. The van der Waals surface area contributed by atoms with Crippen LogP contribution in [0.4, 0.5) is 0 Å². The molecule has 0 amide bonds. The summed E-state index contributed by atoms with van der Waals surface area (Å²) in [5.41, 5.74) is 1.95. The summed E-state index contributed by atoms with van der Waals surface area (Å²) in [6, 6.07) is 7.78. The topological polar surface area (TPSA) is 73.8 Å². The Morgan fingerprint density at radius 3 is 1.09 bits per heavy atom. The lowest BCUT2D eigenvalue weighted by atomic mass is 9.84. The quantitative estimate of drug-likeness (QED) is 0.606. The van der Waals surface area contributed by atoms with E-state index < -0.39 is 0 Å². The molecular formula is C24H30O8. The van der Waals surface area contributed by atoms with Crippen LogP contribution in [0.1, 0.15) is 23.3 Å². The van der Waals surface area contributed by atoms with Crippen molar-refractivity contribution in [1.82, 2.24) is 0 Å². The van der Waals surface area contributed by atoms with Crippen molar-refractivity contribution in [3.05, 3.63) is 35.4 Å². The summed E-state index contributed by atoms with van der Waals surface area (Å²) >= 11 is 0. The van der Waals surface area contributed by atoms with Crippen molar-refractivity contribution < 1.29 is 37.9 Å². The van der Waals surface area contributed by atoms with Gasteiger partial charge in [-0.25, -0.2) is 0 Å². The average Bonchev–Trinajstić information content (AvgIpc) is 3.44. The first-order valence-corrected chi connectivity index (χ1v) is 10.4. The Kier molecular flexibility index (Phi) is 6.53. The van der Waals surface area contributed by atoms with Crippen LogP contribution in [0.25, 0.3) is 0 Å². The Morgan fingerprint density at radius 2 is 0.844 bits per heavy atom. The highest BCUT2D eigenvalue weighted by molar-refractivity contribution is 5.55. The van der Waals surface area contributed by atoms with E-state index in [4.69, 9.17) is 37.9 Å². The highest BCUT2D eigenvalue weighted by Gasteiger charge is 2.48. The molecule has 2 heterocycles. The third-order valence-electron chi connectivity index (χ3n) is 6.30. The Hall–Kier alpha value is -2.84. The number of rotatable bonds is 8. The molecule has 174 valence electrons. The van der Waals surface area contributed by atoms with Crippen molar-refractivity contribution in [2.45, 2.75) is 12.2 Å². The number of ether oxygens (including phenoxy) is 8. The molecule has 0 radical (unpaired) electrons. The molecule has 0 unspecified atom stereocenters. The van der Waals surface area contributed by atoms with E-state index >= 15 is 0 Å². The van der Waals surface area contributed by atoms with Crippen LogP contribution in [0.15, 0.2) is 24.3 Å². The van der Waals surface area contributed by atoms with E-state index in [-0.39, 0.29) is 24.0 Å². The zero-order chi connectivity index (χ0) is 22.8. The first-order valence-electron chi connectivity index (χ1n) is 10.4. The van der Waals surface area contributed by atoms with Crippen molar-refractivity contribution >= 4 is 0 Å². The SMILES string of the molecule is COc1cc([C@@H]2OC[C@H]3[C@@H]2CO[C@H]3c2cc(OC)c(OC)c(OC)c2)cc(OC)c1OC. The smallest absolute Gasteiger partial charge is 0.203 e. The van der Waals surface area contributed by atoms with Gasteiger partial charge in [-0.2, -0.15) is 0 Å². The summed E-state index contributed by atoms with van der Waals surface area (Å²) in [7, 11) is 9.62. The van der Waals surface area contributed by atoms with Crippen LogP contribution in [0.3, 0.4) is 0 Å². The fourth-order valence-corrected chi connectivity index (χ4v) is 4.77. The van der Waals surface area contributed by atoms with Gasteiger partial charge in [-0.3, -0.25) is 0 Å². The Labute approximate surface area is 188 Å².